The number of aromatic amines is 1. The van der Waals surface area contributed by atoms with Gasteiger partial charge < -0.3 is 15.4 Å². The summed E-state index contributed by atoms with van der Waals surface area (Å²) in [7, 11) is 0. The van der Waals surface area contributed by atoms with Gasteiger partial charge in [-0.2, -0.15) is 18.4 Å². The minimum absolute atomic E-state index is 0.0927. The molecule has 1 aromatic carbocycles. The quantitative estimate of drug-likeness (QED) is 0.614. The highest BCUT2D eigenvalue weighted by Crippen LogP contribution is 2.35. The number of hydrogen-bond acceptors (Lipinski definition) is 5. The Morgan fingerprint density at radius 1 is 1.32 bits per heavy atom. The van der Waals surface area contributed by atoms with Crippen LogP contribution in [-0.4, -0.2) is 32.7 Å². The number of nitriles is 1. The molecule has 6 nitrogen and oxygen atoms in total. The maximum absolute atomic E-state index is 13.1. The molecule has 0 aliphatic rings. The molecule has 0 fully saturated rings. The molecule has 0 unspecified atom stereocenters. The van der Waals surface area contributed by atoms with Crippen LogP contribution in [0.1, 0.15) is 25.0 Å². The van der Waals surface area contributed by atoms with Gasteiger partial charge in [-0.05, 0) is 24.1 Å². The minimum Gasteiger partial charge on any atom is -0.394 e. The van der Waals surface area contributed by atoms with Gasteiger partial charge in [0, 0.05) is 22.7 Å². The smallest absolute Gasteiger partial charge is 0.394 e. The molecule has 2 aromatic heterocycles. The lowest BCUT2D eigenvalue weighted by Crippen LogP contribution is -2.30. The van der Waals surface area contributed by atoms with Crippen molar-refractivity contribution in [3.05, 3.63) is 41.7 Å². The zero-order valence-corrected chi connectivity index (χ0v) is 15.2. The monoisotopic (exact) mass is 389 g/mol. The van der Waals surface area contributed by atoms with Crippen LogP contribution in [-0.2, 0) is 6.18 Å². The first-order chi connectivity index (χ1) is 13.2. The number of H-pyrrole nitrogens is 1. The summed E-state index contributed by atoms with van der Waals surface area (Å²) in [6, 6.07) is 5.03. The number of fused-ring (bicyclic) bond motifs is 1. The van der Waals surface area contributed by atoms with Crippen molar-refractivity contribution < 1.29 is 18.3 Å². The highest BCUT2D eigenvalue weighted by Gasteiger charge is 2.31. The number of aromatic nitrogens is 3. The predicted octanol–water partition coefficient (Wildman–Crippen LogP) is 3.94. The average molecular weight is 389 g/mol. The molecule has 0 radical (unpaired) electrons. The first kappa shape index (κ1) is 19.6. The molecule has 0 spiro atoms. The lowest BCUT2D eigenvalue weighted by Gasteiger charge is -2.20. The number of benzene rings is 1. The van der Waals surface area contributed by atoms with Crippen molar-refractivity contribution in [2.24, 2.45) is 5.92 Å². The molecule has 2 heterocycles. The summed E-state index contributed by atoms with van der Waals surface area (Å²) in [5.41, 5.74) is 0.426. The maximum atomic E-state index is 13.1. The van der Waals surface area contributed by atoms with Crippen molar-refractivity contribution in [2.45, 2.75) is 26.1 Å². The zero-order chi connectivity index (χ0) is 20.5. The third kappa shape index (κ3) is 3.77. The van der Waals surface area contributed by atoms with Crippen LogP contribution < -0.4 is 5.32 Å². The Labute approximate surface area is 159 Å². The molecule has 0 bridgehead atoms. The largest absolute Gasteiger partial charge is 0.416 e. The van der Waals surface area contributed by atoms with Crippen LogP contribution in [0.4, 0.5) is 19.1 Å². The first-order valence-electron chi connectivity index (χ1n) is 8.57. The van der Waals surface area contributed by atoms with Crippen LogP contribution >= 0.6 is 0 Å². The van der Waals surface area contributed by atoms with Crippen molar-refractivity contribution in [1.82, 2.24) is 15.0 Å². The molecule has 146 valence electrons. The van der Waals surface area contributed by atoms with E-state index in [-0.39, 0.29) is 35.8 Å². The van der Waals surface area contributed by atoms with Crippen molar-refractivity contribution >= 4 is 16.9 Å². The molecule has 0 saturated heterocycles. The number of anilines is 1. The number of nitrogens with zero attached hydrogens (tertiary/aromatic N) is 3. The number of nitrogens with one attached hydrogen (secondary N) is 2. The van der Waals surface area contributed by atoms with Gasteiger partial charge in [0.15, 0.2) is 0 Å². The number of aliphatic hydroxyl groups is 1. The Hall–Kier alpha value is -3.12. The van der Waals surface area contributed by atoms with Crippen molar-refractivity contribution in [3.63, 3.8) is 0 Å². The third-order valence-electron chi connectivity index (χ3n) is 4.49. The molecule has 1 atom stereocenters. The van der Waals surface area contributed by atoms with Gasteiger partial charge in [0.2, 0.25) is 5.95 Å². The lowest BCUT2D eigenvalue weighted by atomic mass is 10.0. The number of halogens is 3. The standard InChI is InChI=1S/C19H18F3N5O/c1-10(2)16(9-28)26-18-25-7-11(6-23)17(27-18)14-8-24-15-4-3-12(5-13(14)15)19(20,21)22/h3-5,7-8,10,16,24,28H,9H2,1-2H3,(H,25,26,27)/t16-/m0/s1. The average Bonchev–Trinajstić information content (AvgIpc) is 3.08. The van der Waals surface area contributed by atoms with Gasteiger partial charge in [-0.1, -0.05) is 13.8 Å². The molecule has 0 saturated carbocycles. The van der Waals surface area contributed by atoms with Gasteiger partial charge >= 0.3 is 6.18 Å². The Balaban J connectivity index is 2.12. The van der Waals surface area contributed by atoms with E-state index in [2.05, 4.69) is 20.3 Å². The van der Waals surface area contributed by atoms with Crippen molar-refractivity contribution in [2.75, 3.05) is 11.9 Å². The van der Waals surface area contributed by atoms with Gasteiger partial charge in [-0.25, -0.2) is 9.97 Å². The topological polar surface area (TPSA) is 97.6 Å². The molecule has 3 N–H and O–H groups in total. The number of hydrogen-bond donors (Lipinski definition) is 3. The summed E-state index contributed by atoms with van der Waals surface area (Å²) in [6.07, 6.45) is -1.65. The summed E-state index contributed by atoms with van der Waals surface area (Å²) in [5, 5.41) is 22.2. The van der Waals surface area contributed by atoms with E-state index in [1.54, 1.807) is 0 Å². The fourth-order valence-electron chi connectivity index (χ4n) is 2.82. The second-order valence-corrected chi connectivity index (χ2v) is 6.71. The van der Waals surface area contributed by atoms with E-state index >= 15 is 0 Å². The van der Waals surface area contributed by atoms with E-state index in [0.29, 0.717) is 16.5 Å². The van der Waals surface area contributed by atoms with Gasteiger partial charge in [0.1, 0.15) is 6.07 Å². The van der Waals surface area contributed by atoms with E-state index in [9.17, 15) is 23.5 Å². The SMILES string of the molecule is CC(C)[C@H](CO)Nc1ncc(C#N)c(-c2c[nH]c3ccc(C(F)(F)F)cc23)n1. The number of aliphatic hydroxyl groups excluding tert-OH is 1. The van der Waals surface area contributed by atoms with E-state index in [0.717, 1.165) is 12.1 Å². The zero-order valence-electron chi connectivity index (χ0n) is 15.2. The second-order valence-electron chi connectivity index (χ2n) is 6.71. The predicted molar refractivity (Wildman–Crippen MR) is 98.4 cm³/mol. The molecular weight excluding hydrogens is 371 g/mol. The molecule has 0 aliphatic carbocycles. The Morgan fingerprint density at radius 2 is 2.07 bits per heavy atom. The number of rotatable bonds is 5. The van der Waals surface area contributed by atoms with Gasteiger partial charge in [0.05, 0.1) is 35.7 Å². The van der Waals surface area contributed by atoms with Crippen LogP contribution in [0.2, 0.25) is 0 Å². The molecule has 3 rings (SSSR count). The third-order valence-corrected chi connectivity index (χ3v) is 4.49. The highest BCUT2D eigenvalue weighted by atomic mass is 19.4. The molecule has 0 aliphatic heterocycles. The van der Waals surface area contributed by atoms with E-state index in [4.69, 9.17) is 0 Å². The molecule has 9 heteroatoms. The summed E-state index contributed by atoms with van der Waals surface area (Å²) >= 11 is 0. The Bertz CT molecular complexity index is 1040. The fraction of sp³-hybridized carbons (Fsp3) is 0.316. The normalized spacial score (nSPS) is 12.9. The fourth-order valence-corrected chi connectivity index (χ4v) is 2.82. The van der Waals surface area contributed by atoms with Crippen LogP contribution in [0, 0.1) is 17.2 Å². The highest BCUT2D eigenvalue weighted by molar-refractivity contribution is 5.96. The van der Waals surface area contributed by atoms with Crippen molar-refractivity contribution in [1.29, 1.82) is 5.26 Å². The molecule has 0 amide bonds. The van der Waals surface area contributed by atoms with Crippen LogP contribution in [0.15, 0.2) is 30.6 Å². The molecule has 28 heavy (non-hydrogen) atoms. The summed E-state index contributed by atoms with van der Waals surface area (Å²) in [4.78, 5) is 11.3. The second kappa shape index (κ2) is 7.48. The Kier molecular flexibility index (Phi) is 5.25. The summed E-state index contributed by atoms with van der Waals surface area (Å²) in [5.74, 6) is 0.276. The molecular formula is C19H18F3N5O. The lowest BCUT2D eigenvalue weighted by molar-refractivity contribution is -0.137. The minimum atomic E-state index is -4.48. The first-order valence-corrected chi connectivity index (χ1v) is 8.57. The molecule has 3 aromatic rings. The number of alkyl halides is 3. The van der Waals surface area contributed by atoms with Gasteiger partial charge in [-0.15, -0.1) is 0 Å². The Morgan fingerprint density at radius 3 is 2.68 bits per heavy atom. The van der Waals surface area contributed by atoms with Crippen LogP contribution in [0.3, 0.4) is 0 Å². The summed E-state index contributed by atoms with van der Waals surface area (Å²) in [6.45, 7) is 3.69. The maximum Gasteiger partial charge on any atom is 0.416 e. The van der Waals surface area contributed by atoms with Gasteiger partial charge in [0.25, 0.3) is 0 Å². The van der Waals surface area contributed by atoms with E-state index < -0.39 is 11.7 Å². The van der Waals surface area contributed by atoms with Crippen molar-refractivity contribution in [3.8, 4) is 17.3 Å². The van der Waals surface area contributed by atoms with E-state index in [1.165, 1.54) is 18.5 Å². The van der Waals surface area contributed by atoms with Crippen LogP contribution in [0.25, 0.3) is 22.2 Å². The van der Waals surface area contributed by atoms with E-state index in [1.807, 2.05) is 19.9 Å². The summed E-state index contributed by atoms with van der Waals surface area (Å²) < 4.78 is 39.3. The van der Waals surface area contributed by atoms with Gasteiger partial charge in [-0.3, -0.25) is 0 Å². The van der Waals surface area contributed by atoms with Crippen LogP contribution in [0.5, 0.6) is 0 Å².